The van der Waals surface area contributed by atoms with Crippen molar-refractivity contribution in [3.63, 3.8) is 0 Å². The smallest absolute Gasteiger partial charge is 0.255 e. The Morgan fingerprint density at radius 2 is 1.78 bits per heavy atom. The van der Waals surface area contributed by atoms with Crippen LogP contribution in [-0.4, -0.2) is 39.2 Å². The number of aryl methyl sites for hydroxylation is 1. The first-order valence-electron chi connectivity index (χ1n) is 7.13. The average molecular weight is 315 g/mol. The molecule has 0 unspecified atom stereocenters. The molecule has 0 aliphatic rings. The van der Waals surface area contributed by atoms with Gasteiger partial charge in [0.05, 0.1) is 14.2 Å². The quantitative estimate of drug-likeness (QED) is 0.919. The number of pyridine rings is 1. The molecule has 0 saturated carbocycles. The van der Waals surface area contributed by atoms with E-state index in [1.165, 1.54) is 0 Å². The van der Waals surface area contributed by atoms with Crippen molar-refractivity contribution in [1.29, 1.82) is 0 Å². The topological polar surface area (TPSA) is 63.7 Å². The molecule has 122 valence electrons. The third kappa shape index (κ3) is 3.71. The Morgan fingerprint density at radius 1 is 1.13 bits per heavy atom. The van der Waals surface area contributed by atoms with Gasteiger partial charge in [-0.2, -0.15) is 0 Å². The fourth-order valence-corrected chi connectivity index (χ4v) is 2.11. The van der Waals surface area contributed by atoms with E-state index in [0.717, 1.165) is 11.4 Å². The summed E-state index contributed by atoms with van der Waals surface area (Å²) in [6, 6.07) is 7.00. The van der Waals surface area contributed by atoms with Gasteiger partial charge in [-0.15, -0.1) is 0 Å². The molecule has 1 aromatic heterocycles. The van der Waals surface area contributed by atoms with Gasteiger partial charge >= 0.3 is 0 Å². The fraction of sp³-hybridized carbons (Fsp3) is 0.294. The summed E-state index contributed by atoms with van der Waals surface area (Å²) in [6.07, 6.45) is 1.62. The molecule has 2 aromatic rings. The van der Waals surface area contributed by atoms with E-state index in [1.54, 1.807) is 38.6 Å². The number of benzene rings is 1. The van der Waals surface area contributed by atoms with Crippen LogP contribution in [0.15, 0.2) is 30.5 Å². The Balaban J connectivity index is 2.28. The predicted octanol–water partition coefficient (Wildman–Crippen LogP) is 2.73. The van der Waals surface area contributed by atoms with Crippen LogP contribution in [-0.2, 0) is 0 Å². The van der Waals surface area contributed by atoms with E-state index in [9.17, 15) is 4.79 Å². The molecule has 2 rings (SSSR count). The molecule has 1 heterocycles. The number of nitrogens with one attached hydrogen (secondary N) is 1. The van der Waals surface area contributed by atoms with Gasteiger partial charge in [0.15, 0.2) is 11.5 Å². The van der Waals surface area contributed by atoms with Gasteiger partial charge in [-0.25, -0.2) is 4.98 Å². The molecule has 1 aromatic carbocycles. The highest BCUT2D eigenvalue weighted by atomic mass is 16.5. The van der Waals surface area contributed by atoms with Crippen molar-refractivity contribution < 1.29 is 14.3 Å². The van der Waals surface area contributed by atoms with Gasteiger partial charge in [-0.3, -0.25) is 4.79 Å². The number of anilines is 2. The third-order valence-electron chi connectivity index (χ3n) is 3.44. The van der Waals surface area contributed by atoms with Gasteiger partial charge in [0.1, 0.15) is 5.82 Å². The maximum absolute atomic E-state index is 12.5. The second kappa shape index (κ2) is 7.00. The number of hydrogen-bond acceptors (Lipinski definition) is 5. The summed E-state index contributed by atoms with van der Waals surface area (Å²) in [5, 5.41) is 2.90. The van der Waals surface area contributed by atoms with E-state index >= 15 is 0 Å². The third-order valence-corrected chi connectivity index (χ3v) is 3.44. The first-order valence-corrected chi connectivity index (χ1v) is 7.13. The number of ether oxygens (including phenoxy) is 2. The highest BCUT2D eigenvalue weighted by molar-refractivity contribution is 6.05. The second-order valence-corrected chi connectivity index (χ2v) is 5.27. The monoisotopic (exact) mass is 315 g/mol. The molecule has 0 bridgehead atoms. The molecular weight excluding hydrogens is 294 g/mol. The fourth-order valence-electron chi connectivity index (χ4n) is 2.11. The van der Waals surface area contributed by atoms with Crippen molar-refractivity contribution in [3.8, 4) is 11.5 Å². The molecular formula is C17H21N3O3. The molecule has 0 fully saturated rings. The number of carbonyl (C=O) groups is 1. The summed E-state index contributed by atoms with van der Waals surface area (Å²) in [5.74, 6) is 1.71. The summed E-state index contributed by atoms with van der Waals surface area (Å²) in [4.78, 5) is 18.5. The first-order chi connectivity index (χ1) is 11.0. The standard InChI is InChI=1S/C17H21N3O3/c1-11-8-14(22-4)15(23-5)10-13(11)19-17(21)12-6-7-18-16(9-12)20(2)3/h6-10H,1-5H3,(H,19,21). The van der Waals surface area contributed by atoms with Gasteiger partial charge in [-0.05, 0) is 30.7 Å². The molecule has 23 heavy (non-hydrogen) atoms. The minimum atomic E-state index is -0.203. The van der Waals surface area contributed by atoms with Crippen molar-refractivity contribution in [3.05, 3.63) is 41.6 Å². The summed E-state index contributed by atoms with van der Waals surface area (Å²) in [6.45, 7) is 1.90. The van der Waals surface area contributed by atoms with Crippen molar-refractivity contribution >= 4 is 17.4 Å². The van der Waals surface area contributed by atoms with Crippen LogP contribution in [0.4, 0.5) is 11.5 Å². The molecule has 0 aliphatic heterocycles. The minimum absolute atomic E-state index is 0.203. The van der Waals surface area contributed by atoms with E-state index in [1.807, 2.05) is 32.0 Å². The zero-order valence-electron chi connectivity index (χ0n) is 14.0. The molecule has 0 atom stereocenters. The molecule has 0 saturated heterocycles. The van der Waals surface area contributed by atoms with Gasteiger partial charge in [-0.1, -0.05) is 0 Å². The van der Waals surface area contributed by atoms with E-state index in [4.69, 9.17) is 9.47 Å². The minimum Gasteiger partial charge on any atom is -0.493 e. The molecule has 1 N–H and O–H groups in total. The van der Waals surface area contributed by atoms with Gasteiger partial charge in [0.2, 0.25) is 0 Å². The number of hydrogen-bond donors (Lipinski definition) is 1. The lowest BCUT2D eigenvalue weighted by atomic mass is 10.1. The zero-order chi connectivity index (χ0) is 17.0. The SMILES string of the molecule is COc1cc(C)c(NC(=O)c2ccnc(N(C)C)c2)cc1OC. The first kappa shape index (κ1) is 16.6. The van der Waals surface area contributed by atoms with Gasteiger partial charge < -0.3 is 19.7 Å². The summed E-state index contributed by atoms with van der Waals surface area (Å²) < 4.78 is 10.5. The number of carbonyl (C=O) groups excluding carboxylic acids is 1. The van der Waals surface area contributed by atoms with E-state index in [-0.39, 0.29) is 5.91 Å². The maximum Gasteiger partial charge on any atom is 0.255 e. The number of nitrogens with zero attached hydrogens (tertiary/aromatic N) is 2. The van der Waals surface area contributed by atoms with Crippen LogP contribution in [0.3, 0.4) is 0 Å². The lowest BCUT2D eigenvalue weighted by Gasteiger charge is -2.15. The Hall–Kier alpha value is -2.76. The lowest BCUT2D eigenvalue weighted by molar-refractivity contribution is 0.102. The van der Waals surface area contributed by atoms with Crippen molar-refractivity contribution in [2.24, 2.45) is 0 Å². The highest BCUT2D eigenvalue weighted by Gasteiger charge is 2.13. The molecule has 0 aliphatic carbocycles. The predicted molar refractivity (Wildman–Crippen MR) is 90.8 cm³/mol. The number of rotatable bonds is 5. The van der Waals surface area contributed by atoms with Crippen LogP contribution in [0.1, 0.15) is 15.9 Å². The van der Waals surface area contributed by atoms with Crippen LogP contribution in [0.2, 0.25) is 0 Å². The highest BCUT2D eigenvalue weighted by Crippen LogP contribution is 2.33. The molecule has 6 heteroatoms. The normalized spacial score (nSPS) is 10.1. The Labute approximate surface area is 136 Å². The Kier molecular flexibility index (Phi) is 5.05. The van der Waals surface area contributed by atoms with E-state index < -0.39 is 0 Å². The molecule has 0 radical (unpaired) electrons. The molecule has 6 nitrogen and oxygen atoms in total. The van der Waals surface area contributed by atoms with Gasteiger partial charge in [0.25, 0.3) is 5.91 Å². The van der Waals surface area contributed by atoms with Gasteiger partial charge in [0, 0.05) is 37.6 Å². The number of amides is 1. The zero-order valence-corrected chi connectivity index (χ0v) is 14.0. The van der Waals surface area contributed by atoms with Crippen LogP contribution in [0.25, 0.3) is 0 Å². The molecule has 1 amide bonds. The number of aromatic nitrogens is 1. The number of methoxy groups -OCH3 is 2. The van der Waals surface area contributed by atoms with Crippen molar-refractivity contribution in [2.45, 2.75) is 6.92 Å². The second-order valence-electron chi connectivity index (χ2n) is 5.27. The largest absolute Gasteiger partial charge is 0.493 e. The van der Waals surface area contributed by atoms with Crippen LogP contribution in [0.5, 0.6) is 11.5 Å². The van der Waals surface area contributed by atoms with Crippen LogP contribution < -0.4 is 19.7 Å². The summed E-state index contributed by atoms with van der Waals surface area (Å²) >= 11 is 0. The lowest BCUT2D eigenvalue weighted by Crippen LogP contribution is -2.15. The Morgan fingerprint density at radius 3 is 2.39 bits per heavy atom. The average Bonchev–Trinajstić information content (AvgIpc) is 2.56. The summed E-state index contributed by atoms with van der Waals surface area (Å²) in [7, 11) is 6.89. The van der Waals surface area contributed by atoms with Crippen molar-refractivity contribution in [1.82, 2.24) is 4.98 Å². The van der Waals surface area contributed by atoms with E-state index in [0.29, 0.717) is 22.7 Å². The van der Waals surface area contributed by atoms with Crippen molar-refractivity contribution in [2.75, 3.05) is 38.5 Å². The Bertz CT molecular complexity index is 714. The summed E-state index contributed by atoms with van der Waals surface area (Å²) in [5.41, 5.74) is 2.10. The van der Waals surface area contributed by atoms with Crippen LogP contribution >= 0.6 is 0 Å². The van der Waals surface area contributed by atoms with Crippen LogP contribution in [0, 0.1) is 6.92 Å². The maximum atomic E-state index is 12.5. The van der Waals surface area contributed by atoms with E-state index in [2.05, 4.69) is 10.3 Å². The molecule has 0 spiro atoms.